The molecule has 0 amide bonds. The van der Waals surface area contributed by atoms with Crippen molar-refractivity contribution in [3.8, 4) is 22.8 Å². The number of nitrogens with one attached hydrogen (secondary N) is 1. The van der Waals surface area contributed by atoms with Crippen LogP contribution in [0.1, 0.15) is 0 Å². The van der Waals surface area contributed by atoms with Gasteiger partial charge >= 0.3 is 0 Å². The lowest BCUT2D eigenvalue weighted by atomic mass is 10.2. The first kappa shape index (κ1) is 15.5. The van der Waals surface area contributed by atoms with E-state index in [9.17, 15) is 8.42 Å². The first-order chi connectivity index (χ1) is 10.9. The second-order valence-electron chi connectivity index (χ2n) is 4.88. The van der Waals surface area contributed by atoms with E-state index in [0.717, 1.165) is 11.8 Å². The molecular formula is C15H12ClN3O3S. The zero-order valence-electron chi connectivity index (χ0n) is 12.0. The quantitative estimate of drug-likeness (QED) is 0.780. The molecule has 118 valence electrons. The molecule has 2 aromatic carbocycles. The Kier molecular flexibility index (Phi) is 4.06. The maximum Gasteiger partial charge on any atom is 0.258 e. The number of aromatic nitrogens is 2. The molecular weight excluding hydrogens is 338 g/mol. The number of rotatable bonds is 4. The summed E-state index contributed by atoms with van der Waals surface area (Å²) in [6.07, 6.45) is 1.09. The molecule has 1 aromatic heterocycles. The van der Waals surface area contributed by atoms with Crippen LogP contribution in [0.4, 0.5) is 5.69 Å². The molecule has 0 unspecified atom stereocenters. The van der Waals surface area contributed by atoms with Crippen molar-refractivity contribution in [1.29, 1.82) is 0 Å². The van der Waals surface area contributed by atoms with Crippen molar-refractivity contribution in [2.45, 2.75) is 0 Å². The molecule has 3 rings (SSSR count). The molecule has 23 heavy (non-hydrogen) atoms. The van der Waals surface area contributed by atoms with Crippen molar-refractivity contribution in [3.63, 3.8) is 0 Å². The van der Waals surface area contributed by atoms with Crippen molar-refractivity contribution >= 4 is 27.3 Å². The van der Waals surface area contributed by atoms with Crippen LogP contribution in [0, 0.1) is 0 Å². The Morgan fingerprint density at radius 1 is 1.00 bits per heavy atom. The van der Waals surface area contributed by atoms with Crippen LogP contribution < -0.4 is 4.72 Å². The summed E-state index contributed by atoms with van der Waals surface area (Å²) < 4.78 is 30.0. The number of sulfonamides is 1. The molecule has 0 aliphatic carbocycles. The number of benzene rings is 2. The summed E-state index contributed by atoms with van der Waals surface area (Å²) in [5.74, 6) is 0.802. The Morgan fingerprint density at radius 2 is 1.61 bits per heavy atom. The average Bonchev–Trinajstić information content (AvgIpc) is 2.97. The predicted molar refractivity (Wildman–Crippen MR) is 88.6 cm³/mol. The summed E-state index contributed by atoms with van der Waals surface area (Å²) in [6.45, 7) is 0. The number of hydrogen-bond acceptors (Lipinski definition) is 5. The molecule has 8 heteroatoms. The highest BCUT2D eigenvalue weighted by Crippen LogP contribution is 2.24. The highest BCUT2D eigenvalue weighted by molar-refractivity contribution is 7.92. The van der Waals surface area contributed by atoms with Gasteiger partial charge in [0, 0.05) is 21.8 Å². The number of nitrogens with zero attached hydrogens (tertiary/aromatic N) is 2. The fraction of sp³-hybridized carbons (Fsp3) is 0.0667. The molecule has 3 aromatic rings. The van der Waals surface area contributed by atoms with E-state index in [2.05, 4.69) is 14.9 Å². The van der Waals surface area contributed by atoms with Gasteiger partial charge in [-0.25, -0.2) is 8.42 Å². The summed E-state index contributed by atoms with van der Waals surface area (Å²) in [6, 6.07) is 13.8. The fourth-order valence-corrected chi connectivity index (χ4v) is 2.64. The number of anilines is 1. The highest BCUT2D eigenvalue weighted by Gasteiger charge is 2.11. The van der Waals surface area contributed by atoms with Crippen LogP contribution in [-0.2, 0) is 10.0 Å². The van der Waals surface area contributed by atoms with Crippen molar-refractivity contribution in [1.82, 2.24) is 10.1 Å². The zero-order chi connectivity index (χ0) is 16.4. The third-order valence-corrected chi connectivity index (χ3v) is 3.82. The molecule has 1 heterocycles. The van der Waals surface area contributed by atoms with Gasteiger partial charge in [0.15, 0.2) is 0 Å². The third-order valence-electron chi connectivity index (χ3n) is 2.96. The van der Waals surface area contributed by atoms with E-state index in [1.165, 1.54) is 0 Å². The van der Waals surface area contributed by atoms with Crippen LogP contribution in [0.3, 0.4) is 0 Å². The molecule has 0 saturated heterocycles. The summed E-state index contributed by atoms with van der Waals surface area (Å²) in [5, 5.41) is 4.56. The monoisotopic (exact) mass is 349 g/mol. The van der Waals surface area contributed by atoms with E-state index in [1.54, 1.807) is 48.5 Å². The molecule has 0 saturated carbocycles. The molecule has 0 aliphatic rings. The van der Waals surface area contributed by atoms with E-state index >= 15 is 0 Å². The fourth-order valence-electron chi connectivity index (χ4n) is 1.95. The van der Waals surface area contributed by atoms with Crippen LogP contribution in [0.5, 0.6) is 0 Å². The Bertz CT molecular complexity index is 919. The molecule has 0 fully saturated rings. The van der Waals surface area contributed by atoms with Gasteiger partial charge in [0.05, 0.1) is 6.26 Å². The lowest BCUT2D eigenvalue weighted by molar-refractivity contribution is 0.432. The summed E-state index contributed by atoms with van der Waals surface area (Å²) >= 11 is 5.85. The smallest absolute Gasteiger partial charge is 0.258 e. The lowest BCUT2D eigenvalue weighted by Crippen LogP contribution is -2.09. The molecule has 1 N–H and O–H groups in total. The largest absolute Gasteiger partial charge is 0.334 e. The maximum absolute atomic E-state index is 11.2. The lowest BCUT2D eigenvalue weighted by Gasteiger charge is -2.03. The second-order valence-corrected chi connectivity index (χ2v) is 7.07. The van der Waals surface area contributed by atoms with E-state index in [0.29, 0.717) is 28.0 Å². The van der Waals surface area contributed by atoms with Crippen molar-refractivity contribution in [2.75, 3.05) is 11.0 Å². The summed E-state index contributed by atoms with van der Waals surface area (Å²) in [4.78, 5) is 4.33. The van der Waals surface area contributed by atoms with E-state index in [4.69, 9.17) is 16.1 Å². The van der Waals surface area contributed by atoms with Crippen molar-refractivity contribution < 1.29 is 12.9 Å². The topological polar surface area (TPSA) is 85.1 Å². The van der Waals surface area contributed by atoms with Gasteiger partial charge in [0.2, 0.25) is 15.8 Å². The van der Waals surface area contributed by atoms with Gasteiger partial charge in [-0.1, -0.05) is 16.8 Å². The van der Waals surface area contributed by atoms with Gasteiger partial charge in [-0.3, -0.25) is 4.72 Å². The predicted octanol–water partition coefficient (Wildman–Crippen LogP) is 3.43. The summed E-state index contributed by atoms with van der Waals surface area (Å²) in [7, 11) is -3.30. The standard InChI is InChI=1S/C15H12ClN3O3S/c1-23(20,21)19-13-8-4-11(5-9-13)15-17-14(18-22-15)10-2-6-12(16)7-3-10/h2-9,19H,1H3. The second kappa shape index (κ2) is 6.02. The molecule has 0 bridgehead atoms. The molecule has 6 nitrogen and oxygen atoms in total. The van der Waals surface area contributed by atoms with Crippen LogP contribution in [0.25, 0.3) is 22.8 Å². The minimum Gasteiger partial charge on any atom is -0.334 e. The molecule has 0 aliphatic heterocycles. The minimum atomic E-state index is -3.30. The van der Waals surface area contributed by atoms with Gasteiger partial charge in [0.25, 0.3) is 5.89 Å². The highest BCUT2D eigenvalue weighted by atomic mass is 35.5. The van der Waals surface area contributed by atoms with Crippen LogP contribution in [-0.4, -0.2) is 24.8 Å². The van der Waals surface area contributed by atoms with E-state index in [1.807, 2.05) is 0 Å². The van der Waals surface area contributed by atoms with E-state index < -0.39 is 10.0 Å². The van der Waals surface area contributed by atoms with Crippen LogP contribution in [0.15, 0.2) is 53.1 Å². The maximum atomic E-state index is 11.2. The zero-order valence-corrected chi connectivity index (χ0v) is 13.6. The Labute approximate surface area is 138 Å². The summed E-state index contributed by atoms with van der Waals surface area (Å²) in [5.41, 5.74) is 1.95. The van der Waals surface area contributed by atoms with Crippen molar-refractivity contribution in [3.05, 3.63) is 53.6 Å². The van der Waals surface area contributed by atoms with E-state index in [-0.39, 0.29) is 0 Å². The number of halogens is 1. The van der Waals surface area contributed by atoms with Crippen LogP contribution >= 0.6 is 11.6 Å². The first-order valence-corrected chi connectivity index (χ1v) is 8.85. The van der Waals surface area contributed by atoms with Gasteiger partial charge in [-0.05, 0) is 48.5 Å². The Hall–Kier alpha value is -2.38. The van der Waals surface area contributed by atoms with Gasteiger partial charge in [0.1, 0.15) is 0 Å². The molecule has 0 atom stereocenters. The number of hydrogen-bond donors (Lipinski definition) is 1. The van der Waals surface area contributed by atoms with Crippen LogP contribution in [0.2, 0.25) is 5.02 Å². The molecule has 0 radical (unpaired) electrons. The van der Waals surface area contributed by atoms with Gasteiger partial charge in [-0.2, -0.15) is 4.98 Å². The first-order valence-electron chi connectivity index (χ1n) is 6.58. The minimum absolute atomic E-state index is 0.348. The van der Waals surface area contributed by atoms with Gasteiger partial charge < -0.3 is 4.52 Å². The third kappa shape index (κ3) is 3.88. The normalized spacial score (nSPS) is 11.4. The Morgan fingerprint density at radius 3 is 2.22 bits per heavy atom. The Balaban J connectivity index is 1.84. The van der Waals surface area contributed by atoms with Gasteiger partial charge in [-0.15, -0.1) is 0 Å². The average molecular weight is 350 g/mol. The molecule has 0 spiro atoms. The van der Waals surface area contributed by atoms with Crippen molar-refractivity contribution in [2.24, 2.45) is 0 Å². The SMILES string of the molecule is CS(=O)(=O)Nc1ccc(-c2nc(-c3ccc(Cl)cc3)no2)cc1.